The second kappa shape index (κ2) is 5.82. The molecule has 92 valence electrons. The molecule has 6 heteroatoms. The van der Waals surface area contributed by atoms with E-state index in [9.17, 15) is 4.79 Å². The highest BCUT2D eigenvalue weighted by Gasteiger charge is 2.09. The number of nitrogens with one attached hydrogen (secondary N) is 1. The Labute approximate surface area is 126 Å². The van der Waals surface area contributed by atoms with Crippen LogP contribution in [0.15, 0.2) is 45.6 Å². The summed E-state index contributed by atoms with van der Waals surface area (Å²) in [6.07, 6.45) is 3.12. The number of pyridine rings is 1. The van der Waals surface area contributed by atoms with Crippen LogP contribution in [0.4, 0.5) is 5.69 Å². The normalized spacial score (nSPS) is 10.2. The first-order chi connectivity index (χ1) is 8.56. The molecule has 0 atom stereocenters. The monoisotopic (exact) mass is 388 g/mol. The highest BCUT2D eigenvalue weighted by atomic mass is 79.9. The quantitative estimate of drug-likeness (QED) is 0.820. The summed E-state index contributed by atoms with van der Waals surface area (Å²) >= 11 is 12.5. The van der Waals surface area contributed by atoms with Gasteiger partial charge >= 0.3 is 0 Å². The summed E-state index contributed by atoms with van der Waals surface area (Å²) in [4.78, 5) is 15.9. The Bertz CT molecular complexity index is 604. The van der Waals surface area contributed by atoms with Crippen LogP contribution in [-0.4, -0.2) is 10.9 Å². The molecule has 0 aliphatic carbocycles. The minimum absolute atomic E-state index is 0.244. The Morgan fingerprint density at radius 2 is 2.00 bits per heavy atom. The topological polar surface area (TPSA) is 42.0 Å². The number of amides is 1. The molecule has 1 aromatic carbocycles. The van der Waals surface area contributed by atoms with E-state index in [1.54, 1.807) is 30.5 Å². The van der Waals surface area contributed by atoms with Crippen LogP contribution < -0.4 is 5.32 Å². The van der Waals surface area contributed by atoms with E-state index < -0.39 is 0 Å². The van der Waals surface area contributed by atoms with Crippen molar-refractivity contribution >= 4 is 55.1 Å². The van der Waals surface area contributed by atoms with E-state index in [0.717, 1.165) is 8.95 Å². The number of hydrogen-bond acceptors (Lipinski definition) is 2. The zero-order valence-electron chi connectivity index (χ0n) is 8.95. The van der Waals surface area contributed by atoms with Crippen LogP contribution in [0.3, 0.4) is 0 Å². The van der Waals surface area contributed by atoms with Crippen molar-refractivity contribution in [3.63, 3.8) is 0 Å². The van der Waals surface area contributed by atoms with Crippen LogP contribution >= 0.6 is 43.5 Å². The van der Waals surface area contributed by atoms with Crippen molar-refractivity contribution in [3.05, 3.63) is 56.2 Å². The number of hydrogen-bond donors (Lipinski definition) is 1. The average molecular weight is 390 g/mol. The van der Waals surface area contributed by atoms with Crippen molar-refractivity contribution in [3.8, 4) is 0 Å². The molecule has 0 bridgehead atoms. The van der Waals surface area contributed by atoms with Crippen LogP contribution in [0.2, 0.25) is 5.02 Å². The van der Waals surface area contributed by atoms with Crippen molar-refractivity contribution in [2.45, 2.75) is 0 Å². The fraction of sp³-hybridized carbons (Fsp3) is 0. The van der Waals surface area contributed by atoms with Gasteiger partial charge in [0.25, 0.3) is 5.91 Å². The van der Waals surface area contributed by atoms with E-state index in [-0.39, 0.29) is 5.91 Å². The number of carbonyl (C=O) groups is 1. The summed E-state index contributed by atoms with van der Waals surface area (Å²) in [6, 6.07) is 6.88. The van der Waals surface area contributed by atoms with Crippen LogP contribution in [0.25, 0.3) is 0 Å². The predicted octanol–water partition coefficient (Wildman–Crippen LogP) is 4.51. The van der Waals surface area contributed by atoms with E-state index >= 15 is 0 Å². The first-order valence-electron chi connectivity index (χ1n) is 4.93. The number of nitrogens with zero attached hydrogens (tertiary/aromatic N) is 1. The van der Waals surface area contributed by atoms with Gasteiger partial charge in [-0.25, -0.2) is 0 Å². The molecular weight excluding hydrogens is 383 g/mol. The lowest BCUT2D eigenvalue weighted by molar-refractivity contribution is 0.102. The zero-order chi connectivity index (χ0) is 13.1. The first kappa shape index (κ1) is 13.5. The predicted molar refractivity (Wildman–Crippen MR) is 79.0 cm³/mol. The van der Waals surface area contributed by atoms with Gasteiger partial charge in [-0.05, 0) is 56.1 Å². The summed E-state index contributed by atoms with van der Waals surface area (Å²) in [5.74, 6) is -0.244. The zero-order valence-corrected chi connectivity index (χ0v) is 12.9. The highest BCUT2D eigenvalue weighted by molar-refractivity contribution is 9.10. The average Bonchev–Trinajstić information content (AvgIpc) is 2.34. The maximum absolute atomic E-state index is 12.0. The molecule has 0 aliphatic rings. The third kappa shape index (κ3) is 3.31. The standard InChI is InChI=1S/C12H7Br2ClN2O/c13-8-3-7(5-16-6-8)12(18)17-11-4-9(15)1-2-10(11)14/h1-6H,(H,17,18). The third-order valence-electron chi connectivity index (χ3n) is 2.14. The lowest BCUT2D eigenvalue weighted by Gasteiger charge is -2.07. The molecule has 1 amide bonds. The molecule has 0 unspecified atom stereocenters. The second-order valence-electron chi connectivity index (χ2n) is 3.47. The van der Waals surface area contributed by atoms with Gasteiger partial charge in [-0.3, -0.25) is 9.78 Å². The number of carbonyl (C=O) groups excluding carboxylic acids is 1. The lowest BCUT2D eigenvalue weighted by atomic mass is 10.2. The van der Waals surface area contributed by atoms with Crippen molar-refractivity contribution < 1.29 is 4.79 Å². The van der Waals surface area contributed by atoms with Gasteiger partial charge < -0.3 is 5.32 Å². The Kier molecular flexibility index (Phi) is 4.37. The summed E-state index contributed by atoms with van der Waals surface area (Å²) in [5, 5.41) is 3.32. The first-order valence-corrected chi connectivity index (χ1v) is 6.89. The molecule has 1 aromatic heterocycles. The van der Waals surface area contributed by atoms with Crippen molar-refractivity contribution in [2.75, 3.05) is 5.32 Å². The molecular formula is C12H7Br2ClN2O. The van der Waals surface area contributed by atoms with E-state index in [2.05, 4.69) is 42.2 Å². The van der Waals surface area contributed by atoms with Crippen LogP contribution in [0, 0.1) is 0 Å². The van der Waals surface area contributed by atoms with Crippen molar-refractivity contribution in [2.24, 2.45) is 0 Å². The third-order valence-corrected chi connectivity index (χ3v) is 3.50. The minimum Gasteiger partial charge on any atom is -0.321 e. The Balaban J connectivity index is 2.24. The lowest BCUT2D eigenvalue weighted by Crippen LogP contribution is -2.12. The molecule has 2 aromatic rings. The second-order valence-corrected chi connectivity index (χ2v) is 5.68. The number of anilines is 1. The van der Waals surface area contributed by atoms with Gasteiger partial charge in [-0.15, -0.1) is 0 Å². The number of halogens is 3. The van der Waals surface area contributed by atoms with Crippen molar-refractivity contribution in [1.82, 2.24) is 4.98 Å². The molecule has 18 heavy (non-hydrogen) atoms. The van der Waals surface area contributed by atoms with Gasteiger partial charge in [0, 0.05) is 26.4 Å². The fourth-order valence-electron chi connectivity index (χ4n) is 1.32. The van der Waals surface area contributed by atoms with Crippen LogP contribution in [0.1, 0.15) is 10.4 Å². The maximum Gasteiger partial charge on any atom is 0.257 e. The van der Waals surface area contributed by atoms with Crippen LogP contribution in [0.5, 0.6) is 0 Å². The molecule has 1 N–H and O–H groups in total. The molecule has 0 aliphatic heterocycles. The van der Waals surface area contributed by atoms with E-state index in [0.29, 0.717) is 16.3 Å². The molecule has 0 saturated heterocycles. The Hall–Kier alpha value is -0.910. The number of aromatic nitrogens is 1. The van der Waals surface area contributed by atoms with Crippen LogP contribution in [-0.2, 0) is 0 Å². The maximum atomic E-state index is 12.0. The van der Waals surface area contributed by atoms with E-state index in [1.165, 1.54) is 6.20 Å². The summed E-state index contributed by atoms with van der Waals surface area (Å²) in [5.41, 5.74) is 1.09. The smallest absolute Gasteiger partial charge is 0.257 e. The number of rotatable bonds is 2. The molecule has 1 heterocycles. The van der Waals surface area contributed by atoms with Gasteiger partial charge in [-0.1, -0.05) is 11.6 Å². The SMILES string of the molecule is O=C(Nc1cc(Cl)ccc1Br)c1cncc(Br)c1. The molecule has 0 radical (unpaired) electrons. The summed E-state index contributed by atoms with van der Waals surface area (Å²) in [7, 11) is 0. The molecule has 0 saturated carbocycles. The number of benzene rings is 1. The largest absolute Gasteiger partial charge is 0.321 e. The van der Waals surface area contributed by atoms with Gasteiger partial charge in [0.05, 0.1) is 11.3 Å². The van der Waals surface area contributed by atoms with E-state index in [4.69, 9.17) is 11.6 Å². The molecule has 3 nitrogen and oxygen atoms in total. The fourth-order valence-corrected chi connectivity index (χ4v) is 2.21. The summed E-state index contributed by atoms with van der Waals surface area (Å²) in [6.45, 7) is 0. The molecule has 0 fully saturated rings. The van der Waals surface area contributed by atoms with Gasteiger partial charge in [0.2, 0.25) is 0 Å². The van der Waals surface area contributed by atoms with Gasteiger partial charge in [-0.2, -0.15) is 0 Å². The molecule has 0 spiro atoms. The van der Waals surface area contributed by atoms with Gasteiger partial charge in [0.15, 0.2) is 0 Å². The Morgan fingerprint density at radius 1 is 1.22 bits per heavy atom. The summed E-state index contributed by atoms with van der Waals surface area (Å²) < 4.78 is 1.52. The molecule has 2 rings (SSSR count). The Morgan fingerprint density at radius 3 is 2.72 bits per heavy atom. The van der Waals surface area contributed by atoms with Crippen molar-refractivity contribution in [1.29, 1.82) is 0 Å². The minimum atomic E-state index is -0.244. The highest BCUT2D eigenvalue weighted by Crippen LogP contribution is 2.26. The van der Waals surface area contributed by atoms with E-state index in [1.807, 2.05) is 0 Å². The van der Waals surface area contributed by atoms with Gasteiger partial charge in [0.1, 0.15) is 0 Å².